The maximum absolute atomic E-state index is 8.09. The van der Waals surface area contributed by atoms with Crippen molar-refractivity contribution in [3.05, 3.63) is 30.3 Å². The standard InChI is InChI=1S/C7H8O.C4H10O3/c1-8-7-5-3-2-4-6-7;5-1-3-7-4-2-6/h2-6H,1H3;5-6H,1-4H2. The minimum Gasteiger partial charge on any atom is -0.497 e. The molecule has 86 valence electrons. The molecule has 2 N–H and O–H groups in total. The van der Waals surface area contributed by atoms with Gasteiger partial charge in [-0.25, -0.2) is 0 Å². The summed E-state index contributed by atoms with van der Waals surface area (Å²) in [5.74, 6) is 0.910. The van der Waals surface area contributed by atoms with Gasteiger partial charge >= 0.3 is 0 Å². The predicted molar refractivity (Wildman–Crippen MR) is 58.0 cm³/mol. The molecule has 0 fully saturated rings. The average Bonchev–Trinajstić information content (AvgIpc) is 2.32. The lowest BCUT2D eigenvalue weighted by Gasteiger charge is -1.94. The van der Waals surface area contributed by atoms with Crippen molar-refractivity contribution in [2.24, 2.45) is 0 Å². The number of benzene rings is 1. The van der Waals surface area contributed by atoms with Gasteiger partial charge in [-0.05, 0) is 12.1 Å². The lowest BCUT2D eigenvalue weighted by atomic mass is 10.3. The molecule has 0 aliphatic carbocycles. The van der Waals surface area contributed by atoms with E-state index in [-0.39, 0.29) is 13.2 Å². The molecule has 0 heterocycles. The van der Waals surface area contributed by atoms with E-state index in [1.807, 2.05) is 30.3 Å². The van der Waals surface area contributed by atoms with Gasteiger partial charge in [0.05, 0.1) is 33.5 Å². The van der Waals surface area contributed by atoms with Gasteiger partial charge < -0.3 is 19.7 Å². The van der Waals surface area contributed by atoms with Crippen LogP contribution in [-0.2, 0) is 4.74 Å². The summed E-state index contributed by atoms with van der Waals surface area (Å²) in [7, 11) is 1.66. The monoisotopic (exact) mass is 214 g/mol. The highest BCUT2D eigenvalue weighted by Gasteiger charge is 1.80. The Hall–Kier alpha value is -1.10. The first kappa shape index (κ1) is 13.9. The molecule has 0 unspecified atom stereocenters. The van der Waals surface area contributed by atoms with E-state index in [2.05, 4.69) is 4.74 Å². The summed E-state index contributed by atoms with van der Waals surface area (Å²) in [4.78, 5) is 0. The van der Waals surface area contributed by atoms with Crippen molar-refractivity contribution in [3.8, 4) is 5.75 Å². The molecule has 0 saturated heterocycles. The lowest BCUT2D eigenvalue weighted by molar-refractivity contribution is 0.0650. The Morgan fingerprint density at radius 1 is 1.00 bits per heavy atom. The van der Waals surface area contributed by atoms with Crippen LogP contribution in [0.2, 0.25) is 0 Å². The van der Waals surface area contributed by atoms with Gasteiger partial charge in [0.1, 0.15) is 5.75 Å². The fraction of sp³-hybridized carbons (Fsp3) is 0.455. The Balaban J connectivity index is 0.000000265. The number of aliphatic hydroxyl groups excluding tert-OH is 2. The SMILES string of the molecule is COc1ccccc1.OCCOCCO. The summed E-state index contributed by atoms with van der Waals surface area (Å²) in [6, 6.07) is 9.68. The second kappa shape index (κ2) is 11.0. The number of hydrogen-bond acceptors (Lipinski definition) is 4. The number of aliphatic hydroxyl groups is 2. The predicted octanol–water partition coefficient (Wildman–Crippen LogP) is 0.683. The van der Waals surface area contributed by atoms with Crippen molar-refractivity contribution in [3.63, 3.8) is 0 Å². The summed E-state index contributed by atoms with van der Waals surface area (Å²) < 4.78 is 9.55. The van der Waals surface area contributed by atoms with Crippen LogP contribution in [-0.4, -0.2) is 43.8 Å². The highest BCUT2D eigenvalue weighted by molar-refractivity contribution is 5.20. The molecule has 1 aromatic carbocycles. The van der Waals surface area contributed by atoms with E-state index < -0.39 is 0 Å². The molecule has 4 heteroatoms. The molecular formula is C11H18O4. The van der Waals surface area contributed by atoms with Crippen LogP contribution in [0.3, 0.4) is 0 Å². The van der Waals surface area contributed by atoms with Crippen LogP contribution in [0.25, 0.3) is 0 Å². The smallest absolute Gasteiger partial charge is 0.118 e. The van der Waals surface area contributed by atoms with Gasteiger partial charge in [0.15, 0.2) is 0 Å². The molecule has 0 aromatic heterocycles. The fourth-order valence-corrected chi connectivity index (χ4v) is 0.788. The van der Waals surface area contributed by atoms with Crippen molar-refractivity contribution >= 4 is 0 Å². The topological polar surface area (TPSA) is 58.9 Å². The van der Waals surface area contributed by atoms with Crippen molar-refractivity contribution < 1.29 is 19.7 Å². The maximum Gasteiger partial charge on any atom is 0.118 e. The normalized spacial score (nSPS) is 9.00. The first-order valence-electron chi connectivity index (χ1n) is 4.73. The average molecular weight is 214 g/mol. The zero-order valence-corrected chi connectivity index (χ0v) is 8.93. The van der Waals surface area contributed by atoms with Gasteiger partial charge in [-0.3, -0.25) is 0 Å². The number of hydrogen-bond donors (Lipinski definition) is 2. The van der Waals surface area contributed by atoms with Crippen LogP contribution in [0, 0.1) is 0 Å². The van der Waals surface area contributed by atoms with Crippen LogP contribution < -0.4 is 4.74 Å². The van der Waals surface area contributed by atoms with Crippen molar-refractivity contribution in [2.45, 2.75) is 0 Å². The van der Waals surface area contributed by atoms with E-state index in [0.29, 0.717) is 13.2 Å². The number of rotatable bonds is 5. The van der Waals surface area contributed by atoms with Gasteiger partial charge in [-0.15, -0.1) is 0 Å². The minimum atomic E-state index is 0.0278. The Labute approximate surface area is 90.1 Å². The lowest BCUT2D eigenvalue weighted by Crippen LogP contribution is -2.03. The van der Waals surface area contributed by atoms with E-state index in [0.717, 1.165) is 5.75 Å². The van der Waals surface area contributed by atoms with Crippen molar-refractivity contribution in [2.75, 3.05) is 33.5 Å². The third-order valence-corrected chi connectivity index (χ3v) is 1.45. The van der Waals surface area contributed by atoms with Crippen molar-refractivity contribution in [1.82, 2.24) is 0 Å². The molecule has 1 rings (SSSR count). The second-order valence-corrected chi connectivity index (χ2v) is 2.58. The van der Waals surface area contributed by atoms with Crippen LogP contribution in [0.4, 0.5) is 0 Å². The zero-order valence-electron chi connectivity index (χ0n) is 8.93. The molecule has 0 aliphatic heterocycles. The summed E-state index contributed by atoms with van der Waals surface area (Å²) in [6.07, 6.45) is 0. The summed E-state index contributed by atoms with van der Waals surface area (Å²) >= 11 is 0. The molecule has 15 heavy (non-hydrogen) atoms. The third kappa shape index (κ3) is 9.21. The quantitative estimate of drug-likeness (QED) is 0.708. The number of methoxy groups -OCH3 is 1. The molecule has 0 amide bonds. The molecule has 0 aliphatic rings. The first-order valence-corrected chi connectivity index (χ1v) is 4.73. The van der Waals surface area contributed by atoms with Gasteiger partial charge in [-0.1, -0.05) is 18.2 Å². The Morgan fingerprint density at radius 2 is 1.53 bits per heavy atom. The molecule has 0 spiro atoms. The summed E-state index contributed by atoms with van der Waals surface area (Å²) in [5, 5.41) is 16.2. The molecule has 1 aromatic rings. The highest BCUT2D eigenvalue weighted by atomic mass is 16.5. The van der Waals surface area contributed by atoms with E-state index in [1.54, 1.807) is 7.11 Å². The molecule has 0 atom stereocenters. The number of ether oxygens (including phenoxy) is 2. The van der Waals surface area contributed by atoms with Gasteiger partial charge in [0.25, 0.3) is 0 Å². The number of para-hydroxylation sites is 1. The Morgan fingerprint density at radius 3 is 1.87 bits per heavy atom. The third-order valence-electron chi connectivity index (χ3n) is 1.45. The van der Waals surface area contributed by atoms with Crippen LogP contribution in [0.5, 0.6) is 5.75 Å². The minimum absolute atomic E-state index is 0.0278. The van der Waals surface area contributed by atoms with Crippen molar-refractivity contribution in [1.29, 1.82) is 0 Å². The largest absolute Gasteiger partial charge is 0.497 e. The molecular weight excluding hydrogens is 196 g/mol. The van der Waals surface area contributed by atoms with Crippen LogP contribution in [0.1, 0.15) is 0 Å². The zero-order chi connectivity index (χ0) is 11.4. The molecule has 4 nitrogen and oxygen atoms in total. The molecule has 0 radical (unpaired) electrons. The van der Waals surface area contributed by atoms with E-state index in [4.69, 9.17) is 14.9 Å². The Kier molecular flexibility index (Phi) is 10.2. The summed E-state index contributed by atoms with van der Waals surface area (Å²) in [6.45, 7) is 0.696. The molecule has 0 saturated carbocycles. The Bertz CT molecular complexity index is 209. The second-order valence-electron chi connectivity index (χ2n) is 2.58. The van der Waals surface area contributed by atoms with E-state index in [1.165, 1.54) is 0 Å². The van der Waals surface area contributed by atoms with Crippen LogP contribution >= 0.6 is 0 Å². The van der Waals surface area contributed by atoms with Crippen LogP contribution in [0.15, 0.2) is 30.3 Å². The molecule has 0 bridgehead atoms. The fourth-order valence-electron chi connectivity index (χ4n) is 0.788. The highest BCUT2D eigenvalue weighted by Crippen LogP contribution is 2.05. The maximum atomic E-state index is 8.09. The van der Waals surface area contributed by atoms with E-state index >= 15 is 0 Å². The van der Waals surface area contributed by atoms with Gasteiger partial charge in [-0.2, -0.15) is 0 Å². The summed E-state index contributed by atoms with van der Waals surface area (Å²) in [5.41, 5.74) is 0. The van der Waals surface area contributed by atoms with Gasteiger partial charge in [0.2, 0.25) is 0 Å². The first-order chi connectivity index (χ1) is 7.35. The van der Waals surface area contributed by atoms with E-state index in [9.17, 15) is 0 Å². The van der Waals surface area contributed by atoms with Gasteiger partial charge in [0, 0.05) is 0 Å².